The van der Waals surface area contributed by atoms with Crippen LogP contribution in [0, 0.1) is 6.92 Å². The molecule has 0 unspecified atom stereocenters. The fourth-order valence-electron chi connectivity index (χ4n) is 3.10. The Morgan fingerprint density at radius 3 is 2.67 bits per heavy atom. The van der Waals surface area contributed by atoms with Crippen LogP contribution in [0.2, 0.25) is 5.02 Å². The number of para-hydroxylation sites is 1. The van der Waals surface area contributed by atoms with E-state index in [1.165, 1.54) is 5.56 Å². The van der Waals surface area contributed by atoms with E-state index in [1.807, 2.05) is 59.2 Å². The van der Waals surface area contributed by atoms with Crippen LogP contribution in [0.25, 0.3) is 16.7 Å². The molecule has 0 aliphatic rings. The van der Waals surface area contributed by atoms with Gasteiger partial charge in [-0.2, -0.15) is 0 Å². The Morgan fingerprint density at radius 1 is 1.07 bits per heavy atom. The van der Waals surface area contributed by atoms with Crippen LogP contribution in [-0.2, 0) is 6.54 Å². The largest absolute Gasteiger partial charge is 0.348 e. The summed E-state index contributed by atoms with van der Waals surface area (Å²) in [7, 11) is 0. The second-order valence-electron chi connectivity index (χ2n) is 6.38. The normalized spacial score (nSPS) is 10.9. The van der Waals surface area contributed by atoms with Gasteiger partial charge in [0.15, 0.2) is 0 Å². The minimum Gasteiger partial charge on any atom is -0.348 e. The average Bonchev–Trinajstić information content (AvgIpc) is 3.10. The summed E-state index contributed by atoms with van der Waals surface area (Å²) in [5, 5.41) is 3.55. The number of rotatable bonds is 4. The number of benzene rings is 3. The van der Waals surface area contributed by atoms with Crippen molar-refractivity contribution in [1.29, 1.82) is 0 Å². The Bertz CT molecular complexity index is 1130. The monoisotopic (exact) mass is 375 g/mol. The summed E-state index contributed by atoms with van der Waals surface area (Å²) in [5.74, 6) is -0.151. The molecule has 0 atom stereocenters. The molecule has 1 N–H and O–H groups in total. The average molecular weight is 376 g/mol. The van der Waals surface area contributed by atoms with E-state index in [-0.39, 0.29) is 5.91 Å². The SMILES string of the molecule is Cc1ccccc1-n1cnc2cc(C(=O)NCc3ccccc3Cl)ccc21. The number of fused-ring (bicyclic) bond motifs is 1. The Morgan fingerprint density at radius 2 is 1.85 bits per heavy atom. The molecule has 0 saturated heterocycles. The Hall–Kier alpha value is -3.11. The van der Waals surface area contributed by atoms with Crippen LogP contribution in [0.1, 0.15) is 21.5 Å². The molecule has 0 aliphatic heterocycles. The number of carbonyl (C=O) groups excluding carboxylic acids is 1. The zero-order valence-corrected chi connectivity index (χ0v) is 15.6. The number of carbonyl (C=O) groups is 1. The van der Waals surface area contributed by atoms with E-state index in [1.54, 1.807) is 6.33 Å². The van der Waals surface area contributed by atoms with Gasteiger partial charge in [0.25, 0.3) is 5.91 Å². The molecule has 134 valence electrons. The lowest BCUT2D eigenvalue weighted by molar-refractivity contribution is 0.0951. The fourth-order valence-corrected chi connectivity index (χ4v) is 3.30. The molecule has 1 heterocycles. The number of amides is 1. The van der Waals surface area contributed by atoms with Gasteiger partial charge in [0.1, 0.15) is 6.33 Å². The molecule has 27 heavy (non-hydrogen) atoms. The topological polar surface area (TPSA) is 46.9 Å². The van der Waals surface area contributed by atoms with Crippen molar-refractivity contribution >= 4 is 28.5 Å². The van der Waals surface area contributed by atoms with E-state index >= 15 is 0 Å². The molecule has 4 aromatic rings. The molecule has 1 amide bonds. The lowest BCUT2D eigenvalue weighted by Gasteiger charge is -2.09. The molecule has 4 nitrogen and oxygen atoms in total. The van der Waals surface area contributed by atoms with E-state index < -0.39 is 0 Å². The summed E-state index contributed by atoms with van der Waals surface area (Å²) >= 11 is 6.14. The Balaban J connectivity index is 1.58. The highest BCUT2D eigenvalue weighted by Gasteiger charge is 2.11. The predicted molar refractivity (Wildman–Crippen MR) is 108 cm³/mol. The lowest BCUT2D eigenvalue weighted by atomic mass is 10.1. The van der Waals surface area contributed by atoms with Gasteiger partial charge in [-0.25, -0.2) is 4.98 Å². The summed E-state index contributed by atoms with van der Waals surface area (Å²) in [6.07, 6.45) is 1.79. The molecular formula is C22H18ClN3O. The predicted octanol–water partition coefficient (Wildman–Crippen LogP) is 4.92. The number of imidazole rings is 1. The second kappa shape index (κ2) is 7.25. The molecule has 0 bridgehead atoms. The molecule has 0 spiro atoms. The molecule has 5 heteroatoms. The van der Waals surface area contributed by atoms with Crippen molar-refractivity contribution in [1.82, 2.24) is 14.9 Å². The van der Waals surface area contributed by atoms with Crippen LogP contribution in [0.5, 0.6) is 0 Å². The number of nitrogens with one attached hydrogen (secondary N) is 1. The Kier molecular flexibility index (Phi) is 4.65. The van der Waals surface area contributed by atoms with Crippen molar-refractivity contribution in [2.45, 2.75) is 13.5 Å². The first-order chi connectivity index (χ1) is 13.1. The number of nitrogens with zero attached hydrogens (tertiary/aromatic N) is 2. The highest BCUT2D eigenvalue weighted by molar-refractivity contribution is 6.31. The molecule has 4 rings (SSSR count). The number of aromatic nitrogens is 2. The van der Waals surface area contributed by atoms with Gasteiger partial charge in [0.2, 0.25) is 0 Å². The standard InChI is InChI=1S/C22H18ClN3O/c1-15-6-2-5-9-20(15)26-14-25-19-12-16(10-11-21(19)26)22(27)24-13-17-7-3-4-8-18(17)23/h2-12,14H,13H2,1H3,(H,24,27). The molecule has 1 aromatic heterocycles. The van der Waals surface area contributed by atoms with Gasteiger partial charge in [-0.05, 0) is 48.4 Å². The van der Waals surface area contributed by atoms with Crippen molar-refractivity contribution in [3.8, 4) is 5.69 Å². The first-order valence-corrected chi connectivity index (χ1v) is 9.06. The van der Waals surface area contributed by atoms with Crippen molar-refractivity contribution < 1.29 is 4.79 Å². The molecular weight excluding hydrogens is 358 g/mol. The van der Waals surface area contributed by atoms with Crippen LogP contribution in [0.3, 0.4) is 0 Å². The number of hydrogen-bond donors (Lipinski definition) is 1. The van der Waals surface area contributed by atoms with Crippen molar-refractivity contribution in [2.75, 3.05) is 0 Å². The van der Waals surface area contributed by atoms with E-state index in [0.29, 0.717) is 17.1 Å². The highest BCUT2D eigenvalue weighted by atomic mass is 35.5. The summed E-state index contributed by atoms with van der Waals surface area (Å²) in [6.45, 7) is 2.45. The van der Waals surface area contributed by atoms with Crippen LogP contribution >= 0.6 is 11.6 Å². The van der Waals surface area contributed by atoms with Crippen molar-refractivity contribution in [3.05, 3.63) is 94.8 Å². The van der Waals surface area contributed by atoms with E-state index in [9.17, 15) is 4.79 Å². The third-order valence-corrected chi connectivity index (χ3v) is 4.95. The summed E-state index contributed by atoms with van der Waals surface area (Å²) in [5.41, 5.74) is 5.45. The van der Waals surface area contributed by atoms with Gasteiger partial charge < -0.3 is 5.32 Å². The molecule has 0 radical (unpaired) electrons. The maximum absolute atomic E-state index is 12.5. The second-order valence-corrected chi connectivity index (χ2v) is 6.79. The fraction of sp³-hybridized carbons (Fsp3) is 0.0909. The van der Waals surface area contributed by atoms with Crippen LogP contribution in [-0.4, -0.2) is 15.5 Å². The quantitative estimate of drug-likeness (QED) is 0.550. The van der Waals surface area contributed by atoms with E-state index in [4.69, 9.17) is 11.6 Å². The number of hydrogen-bond acceptors (Lipinski definition) is 2. The van der Waals surface area contributed by atoms with Crippen LogP contribution in [0.4, 0.5) is 0 Å². The van der Waals surface area contributed by atoms with Crippen LogP contribution < -0.4 is 5.32 Å². The molecule has 0 saturated carbocycles. The van der Waals surface area contributed by atoms with Gasteiger partial charge in [0, 0.05) is 17.1 Å². The van der Waals surface area contributed by atoms with Crippen LogP contribution in [0.15, 0.2) is 73.1 Å². The van der Waals surface area contributed by atoms with E-state index in [0.717, 1.165) is 22.3 Å². The van der Waals surface area contributed by atoms with Gasteiger partial charge in [-0.15, -0.1) is 0 Å². The van der Waals surface area contributed by atoms with Gasteiger partial charge >= 0.3 is 0 Å². The first kappa shape index (κ1) is 17.3. The minimum atomic E-state index is -0.151. The summed E-state index contributed by atoms with van der Waals surface area (Å²) in [4.78, 5) is 17.0. The molecule has 0 aliphatic carbocycles. The minimum absolute atomic E-state index is 0.151. The summed E-state index contributed by atoms with van der Waals surface area (Å²) < 4.78 is 2.04. The van der Waals surface area contributed by atoms with Crippen molar-refractivity contribution in [2.24, 2.45) is 0 Å². The zero-order valence-electron chi connectivity index (χ0n) is 14.8. The van der Waals surface area contributed by atoms with E-state index in [2.05, 4.69) is 29.4 Å². The van der Waals surface area contributed by atoms with Gasteiger partial charge in [0.05, 0.1) is 16.7 Å². The molecule has 0 fully saturated rings. The maximum Gasteiger partial charge on any atom is 0.251 e. The summed E-state index contributed by atoms with van der Waals surface area (Å²) in [6, 6.07) is 21.2. The third-order valence-electron chi connectivity index (χ3n) is 4.58. The lowest BCUT2D eigenvalue weighted by Crippen LogP contribution is -2.22. The zero-order chi connectivity index (χ0) is 18.8. The third kappa shape index (κ3) is 3.44. The van der Waals surface area contributed by atoms with Gasteiger partial charge in [-0.3, -0.25) is 9.36 Å². The first-order valence-electron chi connectivity index (χ1n) is 8.68. The Labute approximate surface area is 162 Å². The smallest absolute Gasteiger partial charge is 0.251 e. The van der Waals surface area contributed by atoms with Crippen molar-refractivity contribution in [3.63, 3.8) is 0 Å². The van der Waals surface area contributed by atoms with Gasteiger partial charge in [-0.1, -0.05) is 48.0 Å². The molecule has 3 aromatic carbocycles. The number of halogens is 1. The maximum atomic E-state index is 12.5. The highest BCUT2D eigenvalue weighted by Crippen LogP contribution is 2.22. The number of aryl methyl sites for hydroxylation is 1.